The van der Waals surface area contributed by atoms with Gasteiger partial charge in [0, 0.05) is 32.0 Å². The number of alkyl halides is 2. The molecule has 2 aliphatic rings. The molecule has 2 nitrogen and oxygen atoms in total. The van der Waals surface area contributed by atoms with Gasteiger partial charge in [0.25, 0.3) is 0 Å². The zero-order valence-corrected chi connectivity index (χ0v) is 10.7. The lowest BCUT2D eigenvalue weighted by atomic mass is 9.86. The Balaban J connectivity index is 1.74. The fraction of sp³-hybridized carbons (Fsp3) is 1.00. The molecule has 4 heteroatoms. The van der Waals surface area contributed by atoms with Crippen molar-refractivity contribution in [3.05, 3.63) is 0 Å². The molecule has 1 aliphatic heterocycles. The normalized spacial score (nSPS) is 31.6. The monoisotopic (exact) mass is 246 g/mol. The van der Waals surface area contributed by atoms with Crippen LogP contribution in [0.25, 0.3) is 0 Å². The predicted octanol–water partition coefficient (Wildman–Crippen LogP) is 2.50. The molecule has 2 rings (SSSR count). The summed E-state index contributed by atoms with van der Waals surface area (Å²) < 4.78 is 26.1. The average molecular weight is 246 g/mol. The molecule has 1 atom stereocenters. The number of piperidine rings is 1. The van der Waals surface area contributed by atoms with E-state index in [1.807, 2.05) is 7.05 Å². The van der Waals surface area contributed by atoms with E-state index in [9.17, 15) is 8.78 Å². The van der Waals surface area contributed by atoms with Crippen LogP contribution in [0.5, 0.6) is 0 Å². The maximum Gasteiger partial charge on any atom is 0.248 e. The molecule has 1 unspecified atom stereocenters. The number of hydrogen-bond acceptors (Lipinski definition) is 2. The summed E-state index contributed by atoms with van der Waals surface area (Å²) in [4.78, 5) is 2.46. The Morgan fingerprint density at radius 2 is 1.94 bits per heavy atom. The first-order valence-corrected chi connectivity index (χ1v) is 6.86. The second kappa shape index (κ2) is 5.61. The van der Waals surface area contributed by atoms with Crippen LogP contribution in [0.4, 0.5) is 8.78 Å². The Morgan fingerprint density at radius 3 is 2.59 bits per heavy atom. The first-order chi connectivity index (χ1) is 8.09. The lowest BCUT2D eigenvalue weighted by Gasteiger charge is -2.37. The molecule has 1 heterocycles. The molecule has 0 spiro atoms. The topological polar surface area (TPSA) is 15.3 Å². The van der Waals surface area contributed by atoms with Gasteiger partial charge in [0.15, 0.2) is 0 Å². The summed E-state index contributed by atoms with van der Waals surface area (Å²) in [6, 6.07) is 0.591. The van der Waals surface area contributed by atoms with Crippen molar-refractivity contribution in [2.45, 2.75) is 50.5 Å². The first-order valence-electron chi connectivity index (χ1n) is 6.86. The molecule has 0 bridgehead atoms. The summed E-state index contributed by atoms with van der Waals surface area (Å²) in [5, 5.41) is 3.32. The number of rotatable bonds is 3. The third kappa shape index (κ3) is 3.88. The van der Waals surface area contributed by atoms with Crippen LogP contribution in [-0.2, 0) is 0 Å². The fourth-order valence-corrected chi connectivity index (χ4v) is 3.10. The molecule has 0 radical (unpaired) electrons. The molecule has 100 valence electrons. The van der Waals surface area contributed by atoms with Gasteiger partial charge >= 0.3 is 0 Å². The van der Waals surface area contributed by atoms with Crippen molar-refractivity contribution in [3.63, 3.8) is 0 Å². The highest BCUT2D eigenvalue weighted by molar-refractivity contribution is 4.82. The second-order valence-corrected chi connectivity index (χ2v) is 5.69. The minimum atomic E-state index is -2.38. The lowest BCUT2D eigenvalue weighted by Crippen LogP contribution is -2.46. The molecule has 1 saturated heterocycles. The molecule has 1 saturated carbocycles. The van der Waals surface area contributed by atoms with E-state index in [2.05, 4.69) is 10.2 Å². The van der Waals surface area contributed by atoms with E-state index in [0.717, 1.165) is 19.6 Å². The molecule has 17 heavy (non-hydrogen) atoms. The molecule has 0 aromatic rings. The largest absolute Gasteiger partial charge is 0.316 e. The summed E-state index contributed by atoms with van der Waals surface area (Å²) in [7, 11) is 2.01. The van der Waals surface area contributed by atoms with E-state index in [0.29, 0.717) is 24.8 Å². The molecule has 0 aromatic carbocycles. The summed E-state index contributed by atoms with van der Waals surface area (Å²) in [5.74, 6) is -1.89. The molecular formula is C13H24F2N2. The molecule has 2 fully saturated rings. The van der Waals surface area contributed by atoms with Crippen molar-refractivity contribution in [1.29, 1.82) is 0 Å². The van der Waals surface area contributed by atoms with Gasteiger partial charge in [0.1, 0.15) is 0 Å². The Kier molecular flexibility index (Phi) is 4.36. The van der Waals surface area contributed by atoms with Crippen molar-refractivity contribution in [3.8, 4) is 0 Å². The van der Waals surface area contributed by atoms with Crippen molar-refractivity contribution in [2.24, 2.45) is 5.92 Å². The van der Waals surface area contributed by atoms with Crippen LogP contribution in [0.1, 0.15) is 38.5 Å². The van der Waals surface area contributed by atoms with Gasteiger partial charge in [-0.25, -0.2) is 8.78 Å². The van der Waals surface area contributed by atoms with Gasteiger partial charge in [-0.05, 0) is 45.2 Å². The van der Waals surface area contributed by atoms with Crippen molar-refractivity contribution >= 4 is 0 Å². The maximum atomic E-state index is 13.0. The van der Waals surface area contributed by atoms with E-state index in [1.165, 1.54) is 12.8 Å². The molecule has 0 aromatic heterocycles. The van der Waals surface area contributed by atoms with Crippen LogP contribution in [-0.4, -0.2) is 43.5 Å². The van der Waals surface area contributed by atoms with E-state index < -0.39 is 5.92 Å². The van der Waals surface area contributed by atoms with Gasteiger partial charge in [-0.1, -0.05) is 0 Å². The van der Waals surface area contributed by atoms with Crippen LogP contribution in [0, 0.1) is 5.92 Å². The minimum Gasteiger partial charge on any atom is -0.316 e. The first kappa shape index (κ1) is 13.2. The highest BCUT2D eigenvalue weighted by Crippen LogP contribution is 2.36. The SMILES string of the molecule is CNC1CCCN(CC2CCC(F)(F)CC2)C1. The zero-order chi connectivity index (χ0) is 12.3. The van der Waals surface area contributed by atoms with E-state index in [1.54, 1.807) is 0 Å². The van der Waals surface area contributed by atoms with Crippen molar-refractivity contribution in [2.75, 3.05) is 26.7 Å². The Morgan fingerprint density at radius 1 is 1.24 bits per heavy atom. The summed E-state index contributed by atoms with van der Waals surface area (Å²) in [6.45, 7) is 3.25. The lowest BCUT2D eigenvalue weighted by molar-refractivity contribution is -0.0495. The number of nitrogens with one attached hydrogen (secondary N) is 1. The Labute approximate surface area is 103 Å². The van der Waals surface area contributed by atoms with Crippen LogP contribution in [0.2, 0.25) is 0 Å². The van der Waals surface area contributed by atoms with Crippen LogP contribution in [0.3, 0.4) is 0 Å². The molecule has 1 N–H and O–H groups in total. The van der Waals surface area contributed by atoms with Crippen LogP contribution in [0.15, 0.2) is 0 Å². The Hall–Kier alpha value is -0.220. The van der Waals surface area contributed by atoms with Crippen molar-refractivity contribution in [1.82, 2.24) is 10.2 Å². The molecule has 1 aliphatic carbocycles. The van der Waals surface area contributed by atoms with E-state index in [4.69, 9.17) is 0 Å². The summed E-state index contributed by atoms with van der Waals surface area (Å²) in [6.07, 6.45) is 4.08. The van der Waals surface area contributed by atoms with Crippen LogP contribution < -0.4 is 5.32 Å². The van der Waals surface area contributed by atoms with Crippen LogP contribution >= 0.6 is 0 Å². The highest BCUT2D eigenvalue weighted by atomic mass is 19.3. The third-order valence-corrected chi connectivity index (χ3v) is 4.27. The van der Waals surface area contributed by atoms with E-state index >= 15 is 0 Å². The van der Waals surface area contributed by atoms with Gasteiger partial charge in [-0.3, -0.25) is 0 Å². The Bertz CT molecular complexity index is 236. The quantitative estimate of drug-likeness (QED) is 0.823. The maximum absolute atomic E-state index is 13.0. The number of likely N-dealkylation sites (tertiary alicyclic amines) is 1. The third-order valence-electron chi connectivity index (χ3n) is 4.27. The zero-order valence-electron chi connectivity index (χ0n) is 10.7. The van der Waals surface area contributed by atoms with Gasteiger partial charge in [0.05, 0.1) is 0 Å². The number of hydrogen-bond donors (Lipinski definition) is 1. The highest BCUT2D eigenvalue weighted by Gasteiger charge is 2.35. The fourth-order valence-electron chi connectivity index (χ4n) is 3.10. The summed E-state index contributed by atoms with van der Waals surface area (Å²) >= 11 is 0. The minimum absolute atomic E-state index is 0.0982. The van der Waals surface area contributed by atoms with Gasteiger partial charge < -0.3 is 10.2 Å². The van der Waals surface area contributed by atoms with Gasteiger partial charge in [-0.2, -0.15) is 0 Å². The standard InChI is InChI=1S/C13H24F2N2/c1-16-12-3-2-8-17(10-12)9-11-4-6-13(14,15)7-5-11/h11-12,16H,2-10H2,1H3. The second-order valence-electron chi connectivity index (χ2n) is 5.69. The van der Waals surface area contributed by atoms with E-state index in [-0.39, 0.29) is 12.8 Å². The van der Waals surface area contributed by atoms with Crippen molar-refractivity contribution < 1.29 is 8.78 Å². The number of halogens is 2. The van der Waals surface area contributed by atoms with Gasteiger partial charge in [0.2, 0.25) is 5.92 Å². The average Bonchev–Trinajstić information content (AvgIpc) is 2.32. The smallest absolute Gasteiger partial charge is 0.248 e. The molecular weight excluding hydrogens is 222 g/mol. The number of likely N-dealkylation sites (N-methyl/N-ethyl adjacent to an activating group) is 1. The predicted molar refractivity (Wildman–Crippen MR) is 65.4 cm³/mol. The number of nitrogens with zero attached hydrogens (tertiary/aromatic N) is 1. The molecule has 0 amide bonds. The van der Waals surface area contributed by atoms with Gasteiger partial charge in [-0.15, -0.1) is 0 Å². The summed E-state index contributed by atoms with van der Waals surface area (Å²) in [5.41, 5.74) is 0.